The van der Waals surface area contributed by atoms with Crippen LogP contribution in [0.25, 0.3) is 0 Å². The molecule has 152 valence electrons. The Bertz CT molecular complexity index is 854. The van der Waals surface area contributed by atoms with Crippen molar-refractivity contribution < 1.29 is 28.0 Å². The molecule has 1 aromatic carbocycles. The van der Waals surface area contributed by atoms with E-state index >= 15 is 0 Å². The summed E-state index contributed by atoms with van der Waals surface area (Å²) in [6.45, 7) is 5.76. The Labute approximate surface area is 160 Å². The zero-order chi connectivity index (χ0) is 21.2. The molecule has 1 aromatic rings. The fourth-order valence-electron chi connectivity index (χ4n) is 2.96. The first kappa shape index (κ1) is 21.3. The van der Waals surface area contributed by atoms with Gasteiger partial charge in [-0.15, -0.1) is 0 Å². The van der Waals surface area contributed by atoms with E-state index in [0.717, 1.165) is 7.11 Å². The number of hydrogen-bond acceptors (Lipinski definition) is 5. The topological polar surface area (TPSA) is 102 Å². The van der Waals surface area contributed by atoms with E-state index in [-0.39, 0.29) is 17.2 Å². The Morgan fingerprint density at radius 2 is 2.00 bits per heavy atom. The molecule has 1 N–H and O–H groups in total. The summed E-state index contributed by atoms with van der Waals surface area (Å²) in [5.74, 6) is -3.02. The Morgan fingerprint density at radius 1 is 1.36 bits per heavy atom. The number of nitro groups is 1. The molecule has 1 atom stereocenters. The van der Waals surface area contributed by atoms with Crippen molar-refractivity contribution in [2.45, 2.75) is 33.2 Å². The Hall–Kier alpha value is -3.04. The standard InChI is InChI=1S/C18H21F2N3O5/c1-9(2)5-6-22-10(3)15(17(24)28-4)16(21-18(22)25)11-7-14(23(26)27)13(20)8-12(11)19/h7-9,16H,5-6H2,1-4H3,(H,21,25)/t16-/m1/s1. The number of rotatable bonds is 6. The number of ether oxygens (including phenoxy) is 1. The van der Waals surface area contributed by atoms with Gasteiger partial charge in [0.05, 0.1) is 23.6 Å². The number of nitro benzene ring substituents is 1. The van der Waals surface area contributed by atoms with Crippen LogP contribution in [0.3, 0.4) is 0 Å². The number of benzene rings is 1. The first-order valence-corrected chi connectivity index (χ1v) is 8.58. The number of allylic oxidation sites excluding steroid dienone is 1. The minimum atomic E-state index is -1.35. The van der Waals surface area contributed by atoms with Crippen LogP contribution >= 0.6 is 0 Å². The van der Waals surface area contributed by atoms with Gasteiger partial charge in [0.25, 0.3) is 0 Å². The van der Waals surface area contributed by atoms with Crippen LogP contribution in [0.15, 0.2) is 23.4 Å². The minimum absolute atomic E-state index is 0.0781. The van der Waals surface area contributed by atoms with E-state index in [2.05, 4.69) is 5.32 Å². The zero-order valence-electron chi connectivity index (χ0n) is 15.9. The van der Waals surface area contributed by atoms with Crippen LogP contribution in [0.2, 0.25) is 0 Å². The van der Waals surface area contributed by atoms with Gasteiger partial charge in [-0.2, -0.15) is 4.39 Å². The molecule has 28 heavy (non-hydrogen) atoms. The lowest BCUT2D eigenvalue weighted by atomic mass is 9.93. The first-order valence-electron chi connectivity index (χ1n) is 8.58. The van der Waals surface area contributed by atoms with E-state index in [1.807, 2.05) is 13.8 Å². The lowest BCUT2D eigenvalue weighted by molar-refractivity contribution is -0.387. The summed E-state index contributed by atoms with van der Waals surface area (Å²) in [5.41, 5.74) is -1.20. The molecule has 1 heterocycles. The van der Waals surface area contributed by atoms with Crippen molar-refractivity contribution in [3.05, 3.63) is 50.7 Å². The molecule has 10 heteroatoms. The Morgan fingerprint density at radius 3 is 2.54 bits per heavy atom. The fourth-order valence-corrected chi connectivity index (χ4v) is 2.96. The Balaban J connectivity index is 2.61. The van der Waals surface area contributed by atoms with Crippen molar-refractivity contribution in [1.29, 1.82) is 0 Å². The third-order valence-corrected chi connectivity index (χ3v) is 4.51. The van der Waals surface area contributed by atoms with Gasteiger partial charge in [-0.25, -0.2) is 14.0 Å². The first-order chi connectivity index (χ1) is 13.1. The number of hydrogen-bond donors (Lipinski definition) is 1. The van der Waals surface area contributed by atoms with Crippen LogP contribution in [-0.2, 0) is 9.53 Å². The van der Waals surface area contributed by atoms with Crippen LogP contribution in [0.5, 0.6) is 0 Å². The van der Waals surface area contributed by atoms with Crippen LogP contribution in [0.4, 0.5) is 19.3 Å². The quantitative estimate of drug-likeness (QED) is 0.450. The molecule has 2 amide bonds. The van der Waals surface area contributed by atoms with Gasteiger partial charge in [-0.05, 0) is 19.3 Å². The second-order valence-corrected chi connectivity index (χ2v) is 6.79. The highest BCUT2D eigenvalue weighted by molar-refractivity contribution is 5.95. The number of urea groups is 1. The van der Waals surface area contributed by atoms with Crippen molar-refractivity contribution in [2.75, 3.05) is 13.7 Å². The van der Waals surface area contributed by atoms with Crippen molar-refractivity contribution in [3.8, 4) is 0 Å². The molecule has 0 radical (unpaired) electrons. The number of carbonyl (C=O) groups is 2. The number of nitrogens with zero attached hydrogens (tertiary/aromatic N) is 2. The van der Waals surface area contributed by atoms with Gasteiger partial charge in [0.1, 0.15) is 5.82 Å². The summed E-state index contributed by atoms with van der Waals surface area (Å²) in [4.78, 5) is 36.3. The molecule has 0 bridgehead atoms. The summed E-state index contributed by atoms with van der Waals surface area (Å²) in [6.07, 6.45) is 0.653. The number of nitrogens with one attached hydrogen (secondary N) is 1. The van der Waals surface area contributed by atoms with E-state index in [9.17, 15) is 28.5 Å². The smallest absolute Gasteiger partial charge is 0.337 e. The van der Waals surface area contributed by atoms with Crippen molar-refractivity contribution in [2.24, 2.45) is 5.92 Å². The van der Waals surface area contributed by atoms with E-state index in [1.54, 1.807) is 0 Å². The number of carbonyl (C=O) groups excluding carboxylic acids is 2. The normalized spacial score (nSPS) is 17.0. The van der Waals surface area contributed by atoms with Gasteiger partial charge >= 0.3 is 17.7 Å². The third-order valence-electron chi connectivity index (χ3n) is 4.51. The number of halogens is 2. The summed E-state index contributed by atoms with van der Waals surface area (Å²) >= 11 is 0. The van der Waals surface area contributed by atoms with Crippen LogP contribution in [0.1, 0.15) is 38.8 Å². The largest absolute Gasteiger partial charge is 0.466 e. The second-order valence-electron chi connectivity index (χ2n) is 6.79. The number of esters is 1. The van der Waals surface area contributed by atoms with Gasteiger partial charge in [0, 0.05) is 29.9 Å². The molecule has 0 aromatic heterocycles. The van der Waals surface area contributed by atoms with Crippen LogP contribution in [-0.4, -0.2) is 35.5 Å². The maximum Gasteiger partial charge on any atom is 0.337 e. The molecule has 0 aliphatic carbocycles. The van der Waals surface area contributed by atoms with Crippen molar-refractivity contribution in [1.82, 2.24) is 10.2 Å². The number of amides is 2. The average molecular weight is 397 g/mol. The lowest BCUT2D eigenvalue weighted by Crippen LogP contribution is -2.48. The molecule has 0 fully saturated rings. The SMILES string of the molecule is COC(=O)C1=C(C)N(CCC(C)C)C(=O)N[C@@H]1c1cc([N+](=O)[O-])c(F)cc1F. The zero-order valence-corrected chi connectivity index (χ0v) is 15.9. The molecular weight excluding hydrogens is 376 g/mol. The van der Waals surface area contributed by atoms with E-state index in [4.69, 9.17) is 4.74 Å². The monoisotopic (exact) mass is 397 g/mol. The van der Waals surface area contributed by atoms with Crippen LogP contribution in [0, 0.1) is 27.7 Å². The van der Waals surface area contributed by atoms with Gasteiger partial charge in [0.15, 0.2) is 0 Å². The maximum absolute atomic E-state index is 14.4. The molecular formula is C18H21F2N3O5. The third kappa shape index (κ3) is 4.10. The predicted octanol–water partition coefficient (Wildman–Crippen LogP) is 3.43. The summed E-state index contributed by atoms with van der Waals surface area (Å²) in [7, 11) is 1.12. The summed E-state index contributed by atoms with van der Waals surface area (Å²) in [5, 5.41) is 13.5. The Kier molecular flexibility index (Phi) is 6.32. The lowest BCUT2D eigenvalue weighted by Gasteiger charge is -2.35. The van der Waals surface area contributed by atoms with Gasteiger partial charge < -0.3 is 10.1 Å². The highest BCUT2D eigenvalue weighted by atomic mass is 19.1. The van der Waals surface area contributed by atoms with E-state index < -0.39 is 45.9 Å². The summed E-state index contributed by atoms with van der Waals surface area (Å²) < 4.78 is 32.9. The van der Waals surface area contributed by atoms with Crippen molar-refractivity contribution in [3.63, 3.8) is 0 Å². The highest BCUT2D eigenvalue weighted by Gasteiger charge is 2.38. The van der Waals surface area contributed by atoms with Gasteiger partial charge in [-0.1, -0.05) is 13.8 Å². The highest BCUT2D eigenvalue weighted by Crippen LogP contribution is 2.35. The molecule has 0 saturated carbocycles. The maximum atomic E-state index is 14.4. The molecule has 2 rings (SSSR count). The van der Waals surface area contributed by atoms with E-state index in [0.29, 0.717) is 25.1 Å². The minimum Gasteiger partial charge on any atom is -0.466 e. The average Bonchev–Trinajstić information content (AvgIpc) is 2.60. The van der Waals surface area contributed by atoms with Gasteiger partial charge in [0.2, 0.25) is 5.82 Å². The van der Waals surface area contributed by atoms with Crippen molar-refractivity contribution >= 4 is 17.7 Å². The molecule has 8 nitrogen and oxygen atoms in total. The molecule has 0 unspecified atom stereocenters. The predicted molar refractivity (Wildman–Crippen MR) is 95.2 cm³/mol. The molecule has 1 aliphatic rings. The molecule has 0 spiro atoms. The number of methoxy groups -OCH3 is 1. The van der Waals surface area contributed by atoms with Crippen LogP contribution < -0.4 is 5.32 Å². The van der Waals surface area contributed by atoms with E-state index in [1.165, 1.54) is 11.8 Å². The molecule has 0 saturated heterocycles. The second kappa shape index (κ2) is 8.32. The van der Waals surface area contributed by atoms with Gasteiger partial charge in [-0.3, -0.25) is 15.0 Å². The fraction of sp³-hybridized carbons (Fsp3) is 0.444. The summed E-state index contributed by atoms with van der Waals surface area (Å²) in [6, 6.07) is -0.915. The molecule has 1 aliphatic heterocycles.